The third-order valence-corrected chi connectivity index (χ3v) is 4.13. The van der Waals surface area contributed by atoms with E-state index in [1.54, 1.807) is 25.4 Å². The average molecular weight is 369 g/mol. The van der Waals surface area contributed by atoms with Gasteiger partial charge in [0.2, 0.25) is 5.82 Å². The maximum absolute atomic E-state index is 13.5. The molecule has 27 heavy (non-hydrogen) atoms. The number of aryl methyl sites for hydroxylation is 1. The summed E-state index contributed by atoms with van der Waals surface area (Å²) in [5.74, 6) is -1.01. The monoisotopic (exact) mass is 369 g/mol. The summed E-state index contributed by atoms with van der Waals surface area (Å²) in [4.78, 5) is 26.8. The van der Waals surface area contributed by atoms with Crippen LogP contribution in [0.1, 0.15) is 5.56 Å². The summed E-state index contributed by atoms with van der Waals surface area (Å²) in [5, 5.41) is 13.6. The van der Waals surface area contributed by atoms with E-state index < -0.39 is 22.0 Å². The molecule has 0 aliphatic carbocycles. The van der Waals surface area contributed by atoms with Gasteiger partial charge >= 0.3 is 5.69 Å². The van der Waals surface area contributed by atoms with Crippen molar-refractivity contribution in [1.29, 1.82) is 0 Å². The maximum atomic E-state index is 13.5. The van der Waals surface area contributed by atoms with Crippen LogP contribution in [0.4, 0.5) is 27.3 Å². The molecule has 0 bridgehead atoms. The van der Waals surface area contributed by atoms with Crippen molar-refractivity contribution < 1.29 is 9.31 Å². The molecule has 0 fully saturated rings. The molecule has 3 rings (SSSR count). The number of nitro groups is 1. The molecular weight excluding hydrogens is 353 g/mol. The van der Waals surface area contributed by atoms with Gasteiger partial charge in [0.05, 0.1) is 10.6 Å². The SMILES string of the molecule is Cc1c(N)cccc1-c1cn(C)c(=O)c(Nc2ccc(F)c([N+](=O)[O-])c2)n1. The van der Waals surface area contributed by atoms with Gasteiger partial charge < -0.3 is 15.6 Å². The summed E-state index contributed by atoms with van der Waals surface area (Å²) in [6.07, 6.45) is 1.57. The molecule has 0 unspecified atom stereocenters. The first-order chi connectivity index (χ1) is 12.8. The van der Waals surface area contributed by atoms with Crippen molar-refractivity contribution >= 4 is 22.9 Å². The lowest BCUT2D eigenvalue weighted by Gasteiger charge is -2.12. The zero-order valence-corrected chi connectivity index (χ0v) is 14.6. The van der Waals surface area contributed by atoms with Gasteiger partial charge in [0, 0.05) is 36.2 Å². The van der Waals surface area contributed by atoms with Gasteiger partial charge in [-0.25, -0.2) is 4.98 Å². The van der Waals surface area contributed by atoms with Crippen LogP contribution in [0.25, 0.3) is 11.3 Å². The van der Waals surface area contributed by atoms with Crippen molar-refractivity contribution in [2.24, 2.45) is 7.05 Å². The van der Waals surface area contributed by atoms with Crippen molar-refractivity contribution in [2.45, 2.75) is 6.92 Å². The number of nitro benzene ring substituents is 1. The van der Waals surface area contributed by atoms with E-state index in [2.05, 4.69) is 10.3 Å². The molecule has 0 spiro atoms. The van der Waals surface area contributed by atoms with Crippen molar-refractivity contribution in [1.82, 2.24) is 9.55 Å². The largest absolute Gasteiger partial charge is 0.398 e. The second-order valence-corrected chi connectivity index (χ2v) is 5.96. The van der Waals surface area contributed by atoms with Crippen LogP contribution in [0.15, 0.2) is 47.4 Å². The molecule has 0 saturated heterocycles. The van der Waals surface area contributed by atoms with Gasteiger partial charge in [-0.3, -0.25) is 14.9 Å². The van der Waals surface area contributed by atoms with Crippen LogP contribution in [0.3, 0.4) is 0 Å². The second-order valence-electron chi connectivity index (χ2n) is 5.96. The summed E-state index contributed by atoms with van der Waals surface area (Å²) in [7, 11) is 1.56. The van der Waals surface area contributed by atoms with E-state index in [9.17, 15) is 19.3 Å². The molecule has 1 aromatic heterocycles. The van der Waals surface area contributed by atoms with Crippen LogP contribution in [0.5, 0.6) is 0 Å². The number of benzene rings is 2. The molecule has 0 aliphatic rings. The number of nitrogens with one attached hydrogen (secondary N) is 1. The quantitative estimate of drug-likeness (QED) is 0.415. The van der Waals surface area contributed by atoms with Crippen LogP contribution in [0, 0.1) is 22.9 Å². The van der Waals surface area contributed by atoms with Crippen molar-refractivity contribution in [3.05, 3.63) is 74.4 Å². The Morgan fingerprint density at radius 1 is 1.30 bits per heavy atom. The number of aromatic nitrogens is 2. The lowest BCUT2D eigenvalue weighted by molar-refractivity contribution is -0.387. The minimum absolute atomic E-state index is 0.0438. The minimum Gasteiger partial charge on any atom is -0.398 e. The van der Waals surface area contributed by atoms with E-state index in [1.165, 1.54) is 10.6 Å². The van der Waals surface area contributed by atoms with Gasteiger partial charge in [-0.05, 0) is 30.7 Å². The number of anilines is 3. The fourth-order valence-corrected chi connectivity index (χ4v) is 2.62. The molecule has 3 aromatic rings. The zero-order chi connectivity index (χ0) is 19.7. The predicted octanol–water partition coefficient (Wildman–Crippen LogP) is 3.13. The molecule has 138 valence electrons. The highest BCUT2D eigenvalue weighted by atomic mass is 19.1. The third kappa shape index (κ3) is 3.47. The van der Waals surface area contributed by atoms with Crippen LogP contribution in [-0.2, 0) is 7.05 Å². The number of nitrogens with two attached hydrogens (primary N) is 1. The van der Waals surface area contributed by atoms with E-state index in [-0.39, 0.29) is 11.5 Å². The summed E-state index contributed by atoms with van der Waals surface area (Å²) in [6.45, 7) is 1.84. The highest BCUT2D eigenvalue weighted by Gasteiger charge is 2.16. The zero-order valence-electron chi connectivity index (χ0n) is 14.6. The first kappa shape index (κ1) is 18.1. The molecule has 0 atom stereocenters. The molecular formula is C18H16FN5O3. The summed E-state index contributed by atoms with van der Waals surface area (Å²) >= 11 is 0. The topological polar surface area (TPSA) is 116 Å². The molecule has 0 aliphatic heterocycles. The highest BCUT2D eigenvalue weighted by molar-refractivity contribution is 5.71. The molecule has 0 saturated carbocycles. The normalized spacial score (nSPS) is 10.6. The smallest absolute Gasteiger partial charge is 0.306 e. The Morgan fingerprint density at radius 3 is 2.74 bits per heavy atom. The van der Waals surface area contributed by atoms with E-state index in [1.807, 2.05) is 13.0 Å². The molecule has 9 heteroatoms. The Kier molecular flexibility index (Phi) is 4.59. The van der Waals surface area contributed by atoms with Crippen LogP contribution in [0.2, 0.25) is 0 Å². The lowest BCUT2D eigenvalue weighted by atomic mass is 10.0. The number of nitrogen functional groups attached to an aromatic ring is 1. The maximum Gasteiger partial charge on any atom is 0.306 e. The first-order valence-corrected chi connectivity index (χ1v) is 7.92. The molecule has 0 amide bonds. The number of nitrogens with zero attached hydrogens (tertiary/aromatic N) is 3. The average Bonchev–Trinajstić information content (AvgIpc) is 2.62. The number of rotatable bonds is 4. The number of hydrogen-bond acceptors (Lipinski definition) is 6. The van der Waals surface area contributed by atoms with Gasteiger partial charge in [-0.1, -0.05) is 12.1 Å². The Labute approximate surface area is 153 Å². The molecule has 8 nitrogen and oxygen atoms in total. The summed E-state index contributed by atoms with van der Waals surface area (Å²) in [5.41, 5.74) is 7.63. The van der Waals surface area contributed by atoms with Crippen LogP contribution >= 0.6 is 0 Å². The van der Waals surface area contributed by atoms with Crippen molar-refractivity contribution in [3.63, 3.8) is 0 Å². The van der Waals surface area contributed by atoms with E-state index >= 15 is 0 Å². The summed E-state index contributed by atoms with van der Waals surface area (Å²) in [6, 6.07) is 8.62. The second kappa shape index (κ2) is 6.87. The Hall–Kier alpha value is -3.75. The van der Waals surface area contributed by atoms with E-state index in [0.717, 1.165) is 23.3 Å². The molecule has 0 radical (unpaired) electrons. The van der Waals surface area contributed by atoms with Crippen LogP contribution < -0.4 is 16.6 Å². The predicted molar refractivity (Wildman–Crippen MR) is 100 cm³/mol. The molecule has 2 aromatic carbocycles. The van der Waals surface area contributed by atoms with Gasteiger partial charge in [0.1, 0.15) is 0 Å². The van der Waals surface area contributed by atoms with E-state index in [0.29, 0.717) is 11.4 Å². The van der Waals surface area contributed by atoms with Gasteiger partial charge in [-0.2, -0.15) is 4.39 Å². The first-order valence-electron chi connectivity index (χ1n) is 7.92. The Bertz CT molecular complexity index is 1110. The van der Waals surface area contributed by atoms with Crippen molar-refractivity contribution in [3.8, 4) is 11.3 Å². The minimum atomic E-state index is -0.962. The Morgan fingerprint density at radius 2 is 2.04 bits per heavy atom. The fourth-order valence-electron chi connectivity index (χ4n) is 2.62. The standard InChI is InChI=1S/C18H16FN5O3/c1-10-12(4-3-5-14(10)20)15-9-23(2)18(25)17(22-15)21-11-6-7-13(19)16(8-11)24(26)27/h3-9H,20H2,1-2H3,(H,21,22). The Balaban J connectivity index is 2.08. The van der Waals surface area contributed by atoms with Gasteiger partial charge in [-0.15, -0.1) is 0 Å². The highest BCUT2D eigenvalue weighted by Crippen LogP contribution is 2.27. The van der Waals surface area contributed by atoms with Gasteiger partial charge in [0.15, 0.2) is 5.82 Å². The van der Waals surface area contributed by atoms with Crippen LogP contribution in [-0.4, -0.2) is 14.5 Å². The molecule has 1 heterocycles. The lowest BCUT2D eigenvalue weighted by Crippen LogP contribution is -2.21. The number of hydrogen-bond donors (Lipinski definition) is 2. The third-order valence-electron chi connectivity index (χ3n) is 4.13. The van der Waals surface area contributed by atoms with Gasteiger partial charge in [0.25, 0.3) is 5.56 Å². The fraction of sp³-hybridized carbons (Fsp3) is 0.111. The molecule has 3 N–H and O–H groups in total. The van der Waals surface area contributed by atoms with E-state index in [4.69, 9.17) is 5.73 Å². The summed E-state index contributed by atoms with van der Waals surface area (Å²) < 4.78 is 14.8. The number of halogens is 1. The van der Waals surface area contributed by atoms with Crippen molar-refractivity contribution in [2.75, 3.05) is 11.1 Å².